The van der Waals surface area contributed by atoms with Crippen molar-refractivity contribution in [2.24, 2.45) is 0 Å². The minimum absolute atomic E-state index is 0.829. The van der Waals surface area contributed by atoms with Gasteiger partial charge in [0.1, 0.15) is 5.82 Å². The van der Waals surface area contributed by atoms with Crippen LogP contribution < -0.4 is 10.2 Å². The summed E-state index contributed by atoms with van der Waals surface area (Å²) in [6.07, 6.45) is 1.15. The van der Waals surface area contributed by atoms with Crippen LogP contribution in [-0.4, -0.2) is 18.6 Å². The number of hydrogen-bond acceptors (Lipinski definition) is 4. The smallest absolute Gasteiger partial charge is 0.129 e. The Morgan fingerprint density at radius 2 is 2.14 bits per heavy atom. The van der Waals surface area contributed by atoms with Gasteiger partial charge in [0, 0.05) is 24.2 Å². The fourth-order valence-electron chi connectivity index (χ4n) is 2.18. The zero-order chi connectivity index (χ0) is 15.2. The lowest BCUT2D eigenvalue weighted by Gasteiger charge is -2.19. The second-order valence-electron chi connectivity index (χ2n) is 5.21. The Hall–Kier alpha value is -1.10. The number of nitrogens with one attached hydrogen (secondary N) is 1. The molecule has 0 radical (unpaired) electrons. The first-order valence-corrected chi connectivity index (χ1v) is 8.41. The van der Waals surface area contributed by atoms with Gasteiger partial charge in [-0.15, -0.1) is 11.3 Å². The fraction of sp³-hybridized carbons (Fsp3) is 0.438. The molecule has 0 aromatic carbocycles. The van der Waals surface area contributed by atoms with Gasteiger partial charge in [-0.3, -0.25) is 0 Å². The minimum Gasteiger partial charge on any atom is -0.355 e. The van der Waals surface area contributed by atoms with Crippen LogP contribution in [0.15, 0.2) is 24.3 Å². The van der Waals surface area contributed by atoms with Gasteiger partial charge >= 0.3 is 0 Å². The van der Waals surface area contributed by atoms with Gasteiger partial charge in [-0.25, -0.2) is 4.98 Å². The highest BCUT2D eigenvalue weighted by Gasteiger charge is 2.08. The third-order valence-electron chi connectivity index (χ3n) is 3.17. The highest BCUT2D eigenvalue weighted by molar-refractivity contribution is 7.16. The van der Waals surface area contributed by atoms with Crippen molar-refractivity contribution in [2.75, 3.05) is 18.5 Å². The van der Waals surface area contributed by atoms with Gasteiger partial charge in [0.2, 0.25) is 0 Å². The van der Waals surface area contributed by atoms with Crippen molar-refractivity contribution < 1.29 is 0 Å². The molecule has 2 rings (SSSR count). The molecular formula is C16H22ClN3S. The summed E-state index contributed by atoms with van der Waals surface area (Å²) in [6, 6.07) is 8.31. The number of halogens is 1. The fourth-order valence-corrected chi connectivity index (χ4v) is 3.32. The van der Waals surface area contributed by atoms with Crippen molar-refractivity contribution in [3.63, 3.8) is 0 Å². The molecule has 1 N–H and O–H groups in total. The van der Waals surface area contributed by atoms with Gasteiger partial charge in [0.05, 0.1) is 10.9 Å². The van der Waals surface area contributed by atoms with E-state index in [9.17, 15) is 0 Å². The lowest BCUT2D eigenvalue weighted by Crippen LogP contribution is -2.19. The molecule has 2 heterocycles. The van der Waals surface area contributed by atoms with Crippen LogP contribution in [0.1, 0.15) is 29.5 Å². The number of pyridine rings is 1. The Balaban J connectivity index is 2.07. The summed E-state index contributed by atoms with van der Waals surface area (Å²) in [7, 11) is 2.07. The number of thiophene rings is 1. The van der Waals surface area contributed by atoms with Crippen LogP contribution in [0.2, 0.25) is 4.34 Å². The summed E-state index contributed by atoms with van der Waals surface area (Å²) in [6.45, 7) is 6.98. The van der Waals surface area contributed by atoms with E-state index in [0.717, 1.165) is 41.9 Å². The first kappa shape index (κ1) is 16.3. The summed E-state index contributed by atoms with van der Waals surface area (Å²) in [5.74, 6) is 1.01. The Labute approximate surface area is 136 Å². The van der Waals surface area contributed by atoms with Crippen LogP contribution in [0.3, 0.4) is 0 Å². The SMILES string of the molecule is CCCNCc1cc(C)nc(N(C)Cc2ccc(Cl)s2)c1. The van der Waals surface area contributed by atoms with Gasteiger partial charge in [-0.2, -0.15) is 0 Å². The van der Waals surface area contributed by atoms with Gasteiger partial charge in [-0.05, 0) is 49.7 Å². The number of anilines is 1. The Bertz CT molecular complexity index is 583. The topological polar surface area (TPSA) is 28.2 Å². The molecule has 0 aliphatic carbocycles. The average Bonchev–Trinajstić information content (AvgIpc) is 2.84. The maximum Gasteiger partial charge on any atom is 0.129 e. The molecule has 21 heavy (non-hydrogen) atoms. The molecule has 0 amide bonds. The highest BCUT2D eigenvalue weighted by Crippen LogP contribution is 2.24. The predicted molar refractivity (Wildman–Crippen MR) is 92.4 cm³/mol. The first-order chi connectivity index (χ1) is 10.1. The zero-order valence-corrected chi connectivity index (χ0v) is 14.4. The van der Waals surface area contributed by atoms with Crippen LogP contribution >= 0.6 is 22.9 Å². The van der Waals surface area contributed by atoms with Crippen molar-refractivity contribution in [1.82, 2.24) is 10.3 Å². The quantitative estimate of drug-likeness (QED) is 0.772. The van der Waals surface area contributed by atoms with Crippen LogP contribution in [0, 0.1) is 6.92 Å². The van der Waals surface area contributed by atoms with E-state index in [2.05, 4.69) is 47.4 Å². The van der Waals surface area contributed by atoms with E-state index in [4.69, 9.17) is 11.6 Å². The lowest BCUT2D eigenvalue weighted by atomic mass is 10.2. The second kappa shape index (κ2) is 7.78. The third-order valence-corrected chi connectivity index (χ3v) is 4.38. The van der Waals surface area contributed by atoms with E-state index in [0.29, 0.717) is 0 Å². The van der Waals surface area contributed by atoms with Gasteiger partial charge in [-0.1, -0.05) is 18.5 Å². The number of aryl methyl sites for hydroxylation is 1. The maximum atomic E-state index is 5.99. The third kappa shape index (κ3) is 4.99. The minimum atomic E-state index is 0.829. The molecule has 0 spiro atoms. The summed E-state index contributed by atoms with van der Waals surface area (Å²) in [5, 5.41) is 3.44. The molecule has 0 aliphatic rings. The monoisotopic (exact) mass is 323 g/mol. The second-order valence-corrected chi connectivity index (χ2v) is 7.01. The Kier molecular flexibility index (Phi) is 6.03. The van der Waals surface area contributed by atoms with Crippen molar-refractivity contribution in [2.45, 2.75) is 33.4 Å². The van der Waals surface area contributed by atoms with Gasteiger partial charge in [0.15, 0.2) is 0 Å². The standard InChI is InChI=1S/C16H22ClN3S/c1-4-7-18-10-13-8-12(2)19-16(9-13)20(3)11-14-5-6-15(17)21-14/h5-6,8-9,18H,4,7,10-11H2,1-3H3. The molecule has 0 saturated heterocycles. The van der Waals surface area contributed by atoms with Gasteiger partial charge < -0.3 is 10.2 Å². The Morgan fingerprint density at radius 3 is 2.81 bits per heavy atom. The van der Waals surface area contributed by atoms with Crippen molar-refractivity contribution in [3.05, 3.63) is 44.7 Å². The maximum absolute atomic E-state index is 5.99. The molecule has 0 fully saturated rings. The molecule has 0 saturated carbocycles. The van der Waals surface area contributed by atoms with Crippen LogP contribution in [0.4, 0.5) is 5.82 Å². The normalized spacial score (nSPS) is 10.9. The number of aromatic nitrogens is 1. The molecule has 2 aromatic heterocycles. The van der Waals surface area contributed by atoms with E-state index in [1.54, 1.807) is 11.3 Å². The summed E-state index contributed by atoms with van der Waals surface area (Å²) < 4.78 is 0.833. The van der Waals surface area contributed by atoms with Crippen LogP contribution in [0.25, 0.3) is 0 Å². The average molecular weight is 324 g/mol. The van der Waals surface area contributed by atoms with Crippen LogP contribution in [-0.2, 0) is 13.1 Å². The molecular weight excluding hydrogens is 302 g/mol. The molecule has 0 bridgehead atoms. The molecule has 2 aromatic rings. The summed E-state index contributed by atoms with van der Waals surface area (Å²) in [5.41, 5.74) is 2.33. The van der Waals surface area contributed by atoms with E-state index >= 15 is 0 Å². The van der Waals surface area contributed by atoms with Crippen molar-refractivity contribution in [1.29, 1.82) is 0 Å². The first-order valence-electron chi connectivity index (χ1n) is 7.22. The zero-order valence-electron chi connectivity index (χ0n) is 12.8. The molecule has 0 aliphatic heterocycles. The molecule has 3 nitrogen and oxygen atoms in total. The number of nitrogens with zero attached hydrogens (tertiary/aromatic N) is 2. The predicted octanol–water partition coefficient (Wildman–Crippen LogP) is 4.24. The van der Waals surface area contributed by atoms with E-state index in [1.807, 2.05) is 13.0 Å². The highest BCUT2D eigenvalue weighted by atomic mass is 35.5. The molecule has 0 atom stereocenters. The Morgan fingerprint density at radius 1 is 1.33 bits per heavy atom. The summed E-state index contributed by atoms with van der Waals surface area (Å²) in [4.78, 5) is 8.05. The van der Waals surface area contributed by atoms with Crippen LogP contribution in [0.5, 0.6) is 0 Å². The van der Waals surface area contributed by atoms with E-state index in [-0.39, 0.29) is 0 Å². The van der Waals surface area contributed by atoms with Crippen molar-refractivity contribution in [3.8, 4) is 0 Å². The van der Waals surface area contributed by atoms with Crippen molar-refractivity contribution >= 4 is 28.8 Å². The number of hydrogen-bond donors (Lipinski definition) is 1. The number of rotatable bonds is 7. The van der Waals surface area contributed by atoms with Gasteiger partial charge in [0.25, 0.3) is 0 Å². The summed E-state index contributed by atoms with van der Waals surface area (Å²) >= 11 is 7.61. The largest absolute Gasteiger partial charge is 0.355 e. The lowest BCUT2D eigenvalue weighted by molar-refractivity contribution is 0.674. The van der Waals surface area contributed by atoms with E-state index < -0.39 is 0 Å². The molecule has 0 unspecified atom stereocenters. The molecule has 5 heteroatoms. The van der Waals surface area contributed by atoms with E-state index in [1.165, 1.54) is 10.4 Å². The molecule has 114 valence electrons.